The highest BCUT2D eigenvalue weighted by Gasteiger charge is 2.07. The first-order chi connectivity index (χ1) is 8.17. The Morgan fingerprint density at radius 2 is 2.06 bits per heavy atom. The highest BCUT2D eigenvalue weighted by atomic mass is 16.5. The van der Waals surface area contributed by atoms with Gasteiger partial charge in [-0.15, -0.1) is 0 Å². The molecule has 0 saturated carbocycles. The monoisotopic (exact) mass is 239 g/mol. The van der Waals surface area contributed by atoms with E-state index >= 15 is 0 Å². The Kier molecular flexibility index (Phi) is 5.29. The van der Waals surface area contributed by atoms with Crippen LogP contribution in [0.25, 0.3) is 0 Å². The fourth-order valence-electron chi connectivity index (χ4n) is 1.29. The van der Waals surface area contributed by atoms with Crippen molar-refractivity contribution in [3.8, 4) is 5.75 Å². The summed E-state index contributed by atoms with van der Waals surface area (Å²) >= 11 is 0. The summed E-state index contributed by atoms with van der Waals surface area (Å²) in [7, 11) is 2.96. The molecule has 0 radical (unpaired) electrons. The molecule has 0 bridgehead atoms. The van der Waals surface area contributed by atoms with Gasteiger partial charge in [-0.3, -0.25) is 4.79 Å². The summed E-state index contributed by atoms with van der Waals surface area (Å²) < 4.78 is 14.8. The van der Waals surface area contributed by atoms with Gasteiger partial charge in [-0.2, -0.15) is 0 Å². The summed E-state index contributed by atoms with van der Waals surface area (Å²) in [6.07, 6.45) is 0.167. The highest BCUT2D eigenvalue weighted by Crippen LogP contribution is 2.20. The predicted octanol–water partition coefficient (Wildman–Crippen LogP) is 1.01. The molecule has 17 heavy (non-hydrogen) atoms. The Labute approximate surface area is 100 Å². The Bertz CT molecular complexity index is 379. The molecule has 0 aliphatic heterocycles. The van der Waals surface area contributed by atoms with Gasteiger partial charge in [0, 0.05) is 18.9 Å². The Balaban J connectivity index is 2.62. The molecule has 5 heteroatoms. The zero-order chi connectivity index (χ0) is 12.7. The molecule has 0 unspecified atom stereocenters. The molecule has 0 aromatic heterocycles. The second-order valence-electron chi connectivity index (χ2n) is 3.45. The molecule has 0 heterocycles. The summed E-state index contributed by atoms with van der Waals surface area (Å²) in [4.78, 5) is 11.1. The van der Waals surface area contributed by atoms with E-state index in [0.717, 1.165) is 5.56 Å². The van der Waals surface area contributed by atoms with E-state index in [1.165, 1.54) is 7.11 Å². The van der Waals surface area contributed by atoms with E-state index in [9.17, 15) is 4.79 Å². The maximum absolute atomic E-state index is 11.1. The zero-order valence-electron chi connectivity index (χ0n) is 10.1. The van der Waals surface area contributed by atoms with Crippen LogP contribution in [0.2, 0.25) is 0 Å². The smallest absolute Gasteiger partial charge is 0.310 e. The molecule has 0 aliphatic carbocycles. The normalized spacial score (nSPS) is 10.0. The molecule has 0 fully saturated rings. The second kappa shape index (κ2) is 6.75. The van der Waals surface area contributed by atoms with Crippen molar-refractivity contribution < 1.29 is 19.0 Å². The maximum atomic E-state index is 11.1. The number of nitrogen functional groups attached to an aromatic ring is 1. The number of carbonyl (C=O) groups is 1. The average molecular weight is 239 g/mol. The van der Waals surface area contributed by atoms with Gasteiger partial charge >= 0.3 is 5.97 Å². The van der Waals surface area contributed by atoms with Gasteiger partial charge in [0.2, 0.25) is 0 Å². The van der Waals surface area contributed by atoms with Crippen LogP contribution in [0.15, 0.2) is 18.2 Å². The second-order valence-corrected chi connectivity index (χ2v) is 3.45. The third-order valence-electron chi connectivity index (χ3n) is 2.24. The van der Waals surface area contributed by atoms with Crippen LogP contribution in [-0.4, -0.2) is 33.4 Å². The number of ether oxygens (including phenoxy) is 3. The van der Waals surface area contributed by atoms with Gasteiger partial charge in [-0.25, -0.2) is 0 Å². The van der Waals surface area contributed by atoms with Crippen LogP contribution in [0.5, 0.6) is 5.75 Å². The lowest BCUT2D eigenvalue weighted by Gasteiger charge is -2.09. The minimum absolute atomic E-state index is 0.167. The van der Waals surface area contributed by atoms with Crippen LogP contribution < -0.4 is 10.5 Å². The molecule has 1 aromatic rings. The third-order valence-corrected chi connectivity index (χ3v) is 2.24. The van der Waals surface area contributed by atoms with E-state index in [-0.39, 0.29) is 12.4 Å². The van der Waals surface area contributed by atoms with Gasteiger partial charge in [0.25, 0.3) is 0 Å². The first-order valence-corrected chi connectivity index (χ1v) is 5.24. The topological polar surface area (TPSA) is 70.8 Å². The number of anilines is 1. The number of hydrogen-bond acceptors (Lipinski definition) is 5. The minimum Gasteiger partial charge on any atom is -0.491 e. The van der Waals surface area contributed by atoms with Gasteiger partial charge in [-0.05, 0) is 11.6 Å². The molecule has 5 nitrogen and oxygen atoms in total. The molecule has 0 atom stereocenters. The maximum Gasteiger partial charge on any atom is 0.310 e. The third kappa shape index (κ3) is 4.32. The lowest BCUT2D eigenvalue weighted by Crippen LogP contribution is -2.08. The molecule has 94 valence electrons. The van der Waals surface area contributed by atoms with E-state index in [0.29, 0.717) is 24.7 Å². The fourth-order valence-corrected chi connectivity index (χ4v) is 1.29. The summed E-state index contributed by atoms with van der Waals surface area (Å²) in [5, 5.41) is 0. The first-order valence-electron chi connectivity index (χ1n) is 5.24. The van der Waals surface area contributed by atoms with Crippen molar-refractivity contribution >= 4 is 11.7 Å². The average Bonchev–Trinajstić information content (AvgIpc) is 2.32. The molecule has 0 spiro atoms. The van der Waals surface area contributed by atoms with Crippen molar-refractivity contribution in [3.63, 3.8) is 0 Å². The molecular weight excluding hydrogens is 222 g/mol. The minimum atomic E-state index is -0.315. The number of carbonyl (C=O) groups excluding carboxylic acids is 1. The quantitative estimate of drug-likeness (QED) is 0.455. The van der Waals surface area contributed by atoms with Crippen LogP contribution in [0.1, 0.15) is 5.56 Å². The molecule has 2 N–H and O–H groups in total. The number of methoxy groups -OCH3 is 2. The largest absolute Gasteiger partial charge is 0.491 e. The lowest BCUT2D eigenvalue weighted by atomic mass is 10.1. The number of esters is 1. The van der Waals surface area contributed by atoms with Crippen molar-refractivity contribution in [3.05, 3.63) is 23.8 Å². The lowest BCUT2D eigenvalue weighted by molar-refractivity contribution is -0.139. The van der Waals surface area contributed by atoms with E-state index in [1.54, 1.807) is 25.3 Å². The van der Waals surface area contributed by atoms with Crippen LogP contribution in [0, 0.1) is 0 Å². The molecule has 0 aliphatic rings. The van der Waals surface area contributed by atoms with E-state index < -0.39 is 0 Å². The van der Waals surface area contributed by atoms with Crippen LogP contribution in [0.4, 0.5) is 5.69 Å². The van der Waals surface area contributed by atoms with Crippen LogP contribution in [-0.2, 0) is 20.7 Å². The summed E-state index contributed by atoms with van der Waals surface area (Å²) in [5.41, 5.74) is 7.06. The summed E-state index contributed by atoms with van der Waals surface area (Å²) in [6.45, 7) is 0.982. The summed E-state index contributed by atoms with van der Waals surface area (Å²) in [6, 6.07) is 5.21. The Hall–Kier alpha value is -1.75. The van der Waals surface area contributed by atoms with Crippen molar-refractivity contribution in [1.29, 1.82) is 0 Å². The molecule has 1 rings (SSSR count). The van der Waals surface area contributed by atoms with Crippen LogP contribution >= 0.6 is 0 Å². The van der Waals surface area contributed by atoms with E-state index in [1.807, 2.05) is 0 Å². The first kappa shape index (κ1) is 13.3. The van der Waals surface area contributed by atoms with Crippen molar-refractivity contribution in [2.24, 2.45) is 0 Å². The fraction of sp³-hybridized carbons (Fsp3) is 0.417. The zero-order valence-corrected chi connectivity index (χ0v) is 10.1. The van der Waals surface area contributed by atoms with Gasteiger partial charge in [-0.1, -0.05) is 6.07 Å². The summed E-state index contributed by atoms with van der Waals surface area (Å²) in [5.74, 6) is 0.345. The molecular formula is C12H17NO4. The molecule has 0 saturated heterocycles. The van der Waals surface area contributed by atoms with E-state index in [2.05, 4.69) is 4.74 Å². The van der Waals surface area contributed by atoms with Gasteiger partial charge in [0.1, 0.15) is 12.4 Å². The van der Waals surface area contributed by atoms with Crippen molar-refractivity contribution in [2.45, 2.75) is 6.42 Å². The van der Waals surface area contributed by atoms with Gasteiger partial charge in [0.05, 0.1) is 20.1 Å². The Morgan fingerprint density at radius 3 is 2.65 bits per heavy atom. The standard InChI is InChI=1S/C12H17NO4/c1-15-5-6-17-10-4-3-9(11(13)8-10)7-12(14)16-2/h3-4,8H,5-7,13H2,1-2H3. The number of benzene rings is 1. The van der Waals surface area contributed by atoms with Crippen LogP contribution in [0.3, 0.4) is 0 Å². The van der Waals surface area contributed by atoms with Gasteiger partial charge in [0.15, 0.2) is 0 Å². The highest BCUT2D eigenvalue weighted by molar-refractivity contribution is 5.75. The number of nitrogens with two attached hydrogens (primary N) is 1. The number of hydrogen-bond donors (Lipinski definition) is 1. The molecule has 1 aromatic carbocycles. The van der Waals surface area contributed by atoms with Gasteiger partial charge < -0.3 is 19.9 Å². The van der Waals surface area contributed by atoms with E-state index in [4.69, 9.17) is 15.2 Å². The SMILES string of the molecule is COCCOc1ccc(CC(=O)OC)c(N)c1. The van der Waals surface area contributed by atoms with Crippen molar-refractivity contribution in [1.82, 2.24) is 0 Å². The Morgan fingerprint density at radius 1 is 1.29 bits per heavy atom. The predicted molar refractivity (Wildman–Crippen MR) is 63.9 cm³/mol. The number of rotatable bonds is 6. The molecule has 0 amide bonds. The van der Waals surface area contributed by atoms with Crippen molar-refractivity contribution in [2.75, 3.05) is 33.2 Å².